The van der Waals surface area contributed by atoms with E-state index < -0.39 is 5.91 Å². The number of aryl methyl sites for hydroxylation is 1. The van der Waals surface area contributed by atoms with E-state index in [-0.39, 0.29) is 17.1 Å². The van der Waals surface area contributed by atoms with Gasteiger partial charge in [-0.3, -0.25) is 9.59 Å². The Labute approximate surface area is 185 Å². The number of anilines is 2. The minimum atomic E-state index is -0.494. The van der Waals surface area contributed by atoms with Crippen LogP contribution in [0.2, 0.25) is 0 Å². The van der Waals surface area contributed by atoms with Crippen molar-refractivity contribution in [2.24, 2.45) is 0 Å². The van der Waals surface area contributed by atoms with E-state index >= 15 is 0 Å². The van der Waals surface area contributed by atoms with E-state index in [0.29, 0.717) is 22.7 Å². The van der Waals surface area contributed by atoms with Crippen LogP contribution in [0, 0.1) is 6.92 Å². The van der Waals surface area contributed by atoms with Gasteiger partial charge >= 0.3 is 0 Å². The number of benzene rings is 2. The van der Waals surface area contributed by atoms with Crippen molar-refractivity contribution in [2.45, 2.75) is 33.1 Å². The lowest BCUT2D eigenvalue weighted by atomic mass is 9.87. The quantitative estimate of drug-likeness (QED) is 0.506. The van der Waals surface area contributed by atoms with Crippen molar-refractivity contribution in [2.75, 3.05) is 10.6 Å². The molecule has 0 spiro atoms. The molecule has 0 saturated carbocycles. The molecule has 8 nitrogen and oxygen atoms in total. The molecule has 0 aliphatic rings. The van der Waals surface area contributed by atoms with Crippen LogP contribution < -0.4 is 10.6 Å². The van der Waals surface area contributed by atoms with Crippen LogP contribution in [0.1, 0.15) is 53.0 Å². The second-order valence-electron chi connectivity index (χ2n) is 8.51. The first-order valence-electron chi connectivity index (χ1n) is 10.2. The van der Waals surface area contributed by atoms with Gasteiger partial charge in [0.1, 0.15) is 0 Å². The summed E-state index contributed by atoms with van der Waals surface area (Å²) < 4.78 is 1.50. The molecule has 162 valence electrons. The highest BCUT2D eigenvalue weighted by molar-refractivity contribution is 6.09. The normalized spacial score (nSPS) is 11.4. The van der Waals surface area contributed by atoms with Gasteiger partial charge < -0.3 is 10.6 Å². The Morgan fingerprint density at radius 3 is 2.09 bits per heavy atom. The number of carbonyl (C=O) groups excluding carboxylic acids is 2. The van der Waals surface area contributed by atoms with Gasteiger partial charge in [-0.15, -0.1) is 5.10 Å². The van der Waals surface area contributed by atoms with Crippen LogP contribution in [0.3, 0.4) is 0 Å². The Hall–Kier alpha value is -4.07. The molecule has 0 atom stereocenters. The standard InChI is InChI=1S/C24H24N6O2/c1-15-13-14-25-23-28-20(29-30(15)23)22(32)27-19-8-6-5-7-18(19)26-21(31)16-9-11-17(12-10-16)24(2,3)4/h5-14H,1-4H3,(H,26,31)(H,27,32). The van der Waals surface area contributed by atoms with Crippen LogP contribution in [0.5, 0.6) is 0 Å². The molecule has 0 unspecified atom stereocenters. The zero-order valence-corrected chi connectivity index (χ0v) is 18.4. The number of nitrogens with one attached hydrogen (secondary N) is 2. The molecule has 8 heteroatoms. The number of para-hydroxylation sites is 2. The number of nitrogens with zero attached hydrogens (tertiary/aromatic N) is 4. The lowest BCUT2D eigenvalue weighted by Gasteiger charge is -2.19. The van der Waals surface area contributed by atoms with Crippen molar-refractivity contribution in [1.29, 1.82) is 0 Å². The fraction of sp³-hybridized carbons (Fsp3) is 0.208. The molecule has 2 N–H and O–H groups in total. The third-order valence-electron chi connectivity index (χ3n) is 5.07. The molecule has 0 aliphatic carbocycles. The first-order valence-corrected chi connectivity index (χ1v) is 10.2. The average molecular weight is 428 g/mol. The maximum atomic E-state index is 12.8. The molecule has 2 aromatic heterocycles. The number of carbonyl (C=O) groups is 2. The zero-order chi connectivity index (χ0) is 22.9. The van der Waals surface area contributed by atoms with E-state index in [2.05, 4.69) is 46.5 Å². The Morgan fingerprint density at radius 1 is 0.875 bits per heavy atom. The molecule has 0 bridgehead atoms. The monoisotopic (exact) mass is 428 g/mol. The number of hydrogen-bond acceptors (Lipinski definition) is 5. The summed E-state index contributed by atoms with van der Waals surface area (Å²) in [5.74, 6) is -0.426. The smallest absolute Gasteiger partial charge is 0.295 e. The first-order chi connectivity index (χ1) is 15.2. The van der Waals surface area contributed by atoms with Crippen molar-refractivity contribution in [3.8, 4) is 0 Å². The molecule has 2 heterocycles. The summed E-state index contributed by atoms with van der Waals surface area (Å²) in [6.45, 7) is 8.22. The summed E-state index contributed by atoms with van der Waals surface area (Å²) in [7, 11) is 0. The molecule has 0 aliphatic heterocycles. The molecule has 0 radical (unpaired) electrons. The van der Waals surface area contributed by atoms with Crippen LogP contribution in [-0.2, 0) is 5.41 Å². The highest BCUT2D eigenvalue weighted by Gasteiger charge is 2.18. The molecule has 4 rings (SSSR count). The first kappa shape index (κ1) is 21.2. The highest BCUT2D eigenvalue weighted by atomic mass is 16.2. The second kappa shape index (κ2) is 8.22. The van der Waals surface area contributed by atoms with Gasteiger partial charge in [0.15, 0.2) is 0 Å². The Bertz CT molecular complexity index is 1300. The third kappa shape index (κ3) is 4.34. The molecule has 2 amide bonds. The lowest BCUT2D eigenvalue weighted by Crippen LogP contribution is -2.18. The lowest BCUT2D eigenvalue weighted by molar-refractivity contribution is 0.101. The van der Waals surface area contributed by atoms with Gasteiger partial charge in [-0.1, -0.05) is 45.0 Å². The van der Waals surface area contributed by atoms with Crippen LogP contribution >= 0.6 is 0 Å². The number of rotatable bonds is 4. The fourth-order valence-electron chi connectivity index (χ4n) is 3.20. The largest absolute Gasteiger partial charge is 0.320 e. The van der Waals surface area contributed by atoms with Crippen molar-refractivity contribution < 1.29 is 9.59 Å². The van der Waals surface area contributed by atoms with E-state index in [9.17, 15) is 9.59 Å². The number of hydrogen-bond donors (Lipinski definition) is 2. The summed E-state index contributed by atoms with van der Waals surface area (Å²) in [5.41, 5.74) is 3.41. The number of aromatic nitrogens is 4. The minimum Gasteiger partial charge on any atom is -0.320 e. The van der Waals surface area contributed by atoms with Crippen molar-refractivity contribution >= 4 is 29.0 Å². The molecule has 0 fully saturated rings. The maximum absolute atomic E-state index is 12.8. The van der Waals surface area contributed by atoms with Gasteiger partial charge in [0.25, 0.3) is 17.6 Å². The molecule has 0 saturated heterocycles. The minimum absolute atomic E-state index is 0.00586. The predicted octanol–water partition coefficient (Wildman–Crippen LogP) is 4.23. The van der Waals surface area contributed by atoms with Crippen LogP contribution in [0.15, 0.2) is 60.8 Å². The second-order valence-corrected chi connectivity index (χ2v) is 8.51. The van der Waals surface area contributed by atoms with Gasteiger partial charge in [0, 0.05) is 17.5 Å². The number of fused-ring (bicyclic) bond motifs is 1. The van der Waals surface area contributed by atoms with Crippen molar-refractivity contribution in [3.63, 3.8) is 0 Å². The molecular formula is C24H24N6O2. The molecule has 2 aromatic carbocycles. The number of amides is 2. The van der Waals surface area contributed by atoms with Gasteiger partial charge in [-0.2, -0.15) is 4.98 Å². The Balaban J connectivity index is 1.53. The SMILES string of the molecule is Cc1ccnc2nc(C(=O)Nc3ccccc3NC(=O)c3ccc(C(C)(C)C)cc3)nn12. The van der Waals surface area contributed by atoms with Gasteiger partial charge in [0.2, 0.25) is 5.82 Å². The van der Waals surface area contributed by atoms with Gasteiger partial charge in [-0.05, 0) is 48.2 Å². The van der Waals surface area contributed by atoms with E-state index in [1.807, 2.05) is 19.1 Å². The molecule has 4 aromatic rings. The summed E-state index contributed by atoms with van der Waals surface area (Å²) in [6.07, 6.45) is 1.61. The molecular weight excluding hydrogens is 404 g/mol. The van der Waals surface area contributed by atoms with E-state index in [0.717, 1.165) is 11.3 Å². The van der Waals surface area contributed by atoms with Crippen LogP contribution in [0.4, 0.5) is 11.4 Å². The topological polar surface area (TPSA) is 101 Å². The maximum Gasteiger partial charge on any atom is 0.295 e. The summed E-state index contributed by atoms with van der Waals surface area (Å²) in [5, 5.41) is 9.86. The summed E-state index contributed by atoms with van der Waals surface area (Å²) in [4.78, 5) is 33.8. The van der Waals surface area contributed by atoms with Crippen LogP contribution in [0.25, 0.3) is 5.78 Å². The fourth-order valence-corrected chi connectivity index (χ4v) is 3.20. The van der Waals surface area contributed by atoms with E-state index in [4.69, 9.17) is 0 Å². The Kier molecular flexibility index (Phi) is 5.44. The summed E-state index contributed by atoms with van der Waals surface area (Å²) in [6, 6.07) is 16.3. The highest BCUT2D eigenvalue weighted by Crippen LogP contribution is 2.24. The third-order valence-corrected chi connectivity index (χ3v) is 5.07. The van der Waals surface area contributed by atoms with Gasteiger partial charge in [-0.25, -0.2) is 9.50 Å². The zero-order valence-electron chi connectivity index (χ0n) is 18.4. The average Bonchev–Trinajstić information content (AvgIpc) is 3.20. The Morgan fingerprint density at radius 2 is 1.50 bits per heavy atom. The predicted molar refractivity (Wildman–Crippen MR) is 123 cm³/mol. The van der Waals surface area contributed by atoms with Crippen LogP contribution in [-0.4, -0.2) is 31.4 Å². The van der Waals surface area contributed by atoms with E-state index in [1.165, 1.54) is 4.52 Å². The summed E-state index contributed by atoms with van der Waals surface area (Å²) >= 11 is 0. The molecule has 32 heavy (non-hydrogen) atoms. The van der Waals surface area contributed by atoms with Gasteiger partial charge in [0.05, 0.1) is 11.4 Å². The van der Waals surface area contributed by atoms with E-state index in [1.54, 1.807) is 48.7 Å². The van der Waals surface area contributed by atoms with Crippen molar-refractivity contribution in [3.05, 3.63) is 83.4 Å². The van der Waals surface area contributed by atoms with Crippen molar-refractivity contribution in [1.82, 2.24) is 19.6 Å².